The van der Waals surface area contributed by atoms with Crippen LogP contribution in [-0.2, 0) is 30.3 Å². The van der Waals surface area contributed by atoms with E-state index in [-0.39, 0.29) is 43.8 Å². The Morgan fingerprint density at radius 2 is 1.22 bits per heavy atom. The first kappa shape index (κ1) is 36.1. The Balaban J connectivity index is 2.46. The molecule has 0 amide bonds. The van der Waals surface area contributed by atoms with Crippen molar-refractivity contribution < 1.29 is 38.5 Å². The molecule has 1 aromatic rings. The maximum absolute atomic E-state index is 12.4. The smallest absolute Gasteiger partial charge is 0.311 e. The molecule has 0 bridgehead atoms. The molecule has 0 saturated heterocycles. The van der Waals surface area contributed by atoms with Crippen LogP contribution in [0.15, 0.2) is 18.2 Å². The number of unbranched alkanes of at least 4 members (excludes halogenated alkanes) is 14. The van der Waals surface area contributed by atoms with Gasteiger partial charge in [0.1, 0.15) is 0 Å². The molecule has 0 saturated carbocycles. The SMILES string of the molecule is CCCCCCCCCCCCCCCCCc1cccc(OC(=O)CCCOC=O)c1OC(=O)CCCC(=O)O. The van der Waals surface area contributed by atoms with E-state index >= 15 is 0 Å². The van der Waals surface area contributed by atoms with Crippen LogP contribution >= 0.6 is 0 Å². The van der Waals surface area contributed by atoms with Gasteiger partial charge >= 0.3 is 17.9 Å². The topological polar surface area (TPSA) is 116 Å². The second-order valence-electron chi connectivity index (χ2n) is 10.7. The molecule has 0 aliphatic carbocycles. The number of aryl methyl sites for hydroxylation is 1. The minimum Gasteiger partial charge on any atom is -0.481 e. The lowest BCUT2D eigenvalue weighted by molar-refractivity contribution is -0.139. The number of carbonyl (C=O) groups excluding carboxylic acids is 3. The first-order valence-corrected chi connectivity index (χ1v) is 15.8. The Labute approximate surface area is 246 Å². The summed E-state index contributed by atoms with van der Waals surface area (Å²) < 4.78 is 15.7. The maximum Gasteiger partial charge on any atom is 0.311 e. The van der Waals surface area contributed by atoms with E-state index in [1.807, 2.05) is 6.07 Å². The largest absolute Gasteiger partial charge is 0.481 e. The zero-order chi connectivity index (χ0) is 30.0. The normalized spacial score (nSPS) is 10.8. The summed E-state index contributed by atoms with van der Waals surface area (Å²) in [4.78, 5) is 45.8. The number of carboxylic acid groups (broad SMARTS) is 1. The Bertz CT molecular complexity index is 867. The molecule has 1 rings (SSSR count). The summed E-state index contributed by atoms with van der Waals surface area (Å²) in [5.41, 5.74) is 0.779. The molecule has 0 unspecified atom stereocenters. The fraction of sp³-hybridized carbons (Fsp3) is 0.697. The highest BCUT2D eigenvalue weighted by atomic mass is 16.6. The van der Waals surface area contributed by atoms with Crippen molar-refractivity contribution in [2.24, 2.45) is 0 Å². The van der Waals surface area contributed by atoms with Crippen molar-refractivity contribution in [1.82, 2.24) is 0 Å². The van der Waals surface area contributed by atoms with Crippen molar-refractivity contribution >= 4 is 24.4 Å². The average Bonchev–Trinajstić information content (AvgIpc) is 2.94. The van der Waals surface area contributed by atoms with Crippen LogP contribution in [0.1, 0.15) is 141 Å². The molecule has 0 heterocycles. The zero-order valence-corrected chi connectivity index (χ0v) is 25.2. The van der Waals surface area contributed by atoms with E-state index in [0.717, 1.165) is 24.8 Å². The van der Waals surface area contributed by atoms with Gasteiger partial charge in [-0.3, -0.25) is 19.2 Å². The molecule has 41 heavy (non-hydrogen) atoms. The summed E-state index contributed by atoms with van der Waals surface area (Å²) in [7, 11) is 0. The van der Waals surface area contributed by atoms with Crippen LogP contribution in [0, 0.1) is 0 Å². The molecule has 1 aromatic carbocycles. The minimum atomic E-state index is -0.973. The van der Waals surface area contributed by atoms with E-state index in [2.05, 4.69) is 11.7 Å². The van der Waals surface area contributed by atoms with Crippen LogP contribution in [0.4, 0.5) is 0 Å². The number of benzene rings is 1. The number of hydrogen-bond acceptors (Lipinski definition) is 7. The highest BCUT2D eigenvalue weighted by molar-refractivity contribution is 5.77. The molecular formula is C33H52O8. The van der Waals surface area contributed by atoms with Crippen LogP contribution in [0.5, 0.6) is 11.5 Å². The van der Waals surface area contributed by atoms with Crippen LogP contribution < -0.4 is 9.47 Å². The molecule has 0 atom stereocenters. The molecule has 0 spiro atoms. The predicted octanol–water partition coefficient (Wildman–Crippen LogP) is 8.12. The summed E-state index contributed by atoms with van der Waals surface area (Å²) in [5, 5.41) is 8.83. The number of hydrogen-bond donors (Lipinski definition) is 1. The van der Waals surface area contributed by atoms with Crippen LogP contribution in [0.25, 0.3) is 0 Å². The van der Waals surface area contributed by atoms with Gasteiger partial charge in [0, 0.05) is 19.3 Å². The fourth-order valence-corrected chi connectivity index (χ4v) is 4.71. The first-order valence-electron chi connectivity index (χ1n) is 15.8. The molecule has 0 radical (unpaired) electrons. The highest BCUT2D eigenvalue weighted by Gasteiger charge is 2.18. The van der Waals surface area contributed by atoms with Gasteiger partial charge < -0.3 is 19.3 Å². The monoisotopic (exact) mass is 576 g/mol. The molecule has 0 aromatic heterocycles. The number of ether oxygens (including phenoxy) is 3. The number of esters is 2. The van der Waals surface area contributed by atoms with Crippen molar-refractivity contribution in [3.8, 4) is 11.5 Å². The number of para-hydroxylation sites is 1. The number of aliphatic carboxylic acids is 1. The number of carboxylic acids is 1. The van der Waals surface area contributed by atoms with Gasteiger partial charge in [-0.15, -0.1) is 0 Å². The molecule has 0 fully saturated rings. The van der Waals surface area contributed by atoms with Gasteiger partial charge in [0.2, 0.25) is 0 Å². The molecular weight excluding hydrogens is 524 g/mol. The average molecular weight is 577 g/mol. The zero-order valence-electron chi connectivity index (χ0n) is 25.2. The summed E-state index contributed by atoms with van der Waals surface area (Å²) >= 11 is 0. The third-order valence-electron chi connectivity index (χ3n) is 7.03. The van der Waals surface area contributed by atoms with Crippen molar-refractivity contribution in [1.29, 1.82) is 0 Å². The van der Waals surface area contributed by atoms with Gasteiger partial charge in [0.25, 0.3) is 6.47 Å². The second-order valence-corrected chi connectivity index (χ2v) is 10.7. The van der Waals surface area contributed by atoms with Gasteiger partial charge in [-0.2, -0.15) is 0 Å². The van der Waals surface area contributed by atoms with Gasteiger partial charge in [0.05, 0.1) is 6.61 Å². The Kier molecular flexibility index (Phi) is 21.9. The van der Waals surface area contributed by atoms with Crippen LogP contribution in [0.2, 0.25) is 0 Å². The highest BCUT2D eigenvalue weighted by Crippen LogP contribution is 2.33. The van der Waals surface area contributed by atoms with E-state index in [9.17, 15) is 19.2 Å². The predicted molar refractivity (Wildman–Crippen MR) is 159 cm³/mol. The van der Waals surface area contributed by atoms with Crippen molar-refractivity contribution in [3.05, 3.63) is 23.8 Å². The molecule has 1 N–H and O–H groups in total. The van der Waals surface area contributed by atoms with Crippen LogP contribution in [0.3, 0.4) is 0 Å². The van der Waals surface area contributed by atoms with Crippen molar-refractivity contribution in [3.63, 3.8) is 0 Å². The summed E-state index contributed by atoms with van der Waals surface area (Å²) in [6, 6.07) is 5.20. The van der Waals surface area contributed by atoms with Gasteiger partial charge in [-0.05, 0) is 37.3 Å². The number of rotatable bonds is 27. The lowest BCUT2D eigenvalue weighted by atomic mass is 10.0. The van der Waals surface area contributed by atoms with Gasteiger partial charge in [-0.1, -0.05) is 109 Å². The molecule has 8 heteroatoms. The Hall–Kier alpha value is -2.90. The lowest BCUT2D eigenvalue weighted by Crippen LogP contribution is -2.14. The number of carbonyl (C=O) groups is 4. The van der Waals surface area contributed by atoms with Gasteiger partial charge in [0.15, 0.2) is 11.5 Å². The summed E-state index contributed by atoms with van der Waals surface area (Å²) in [6.45, 7) is 2.70. The maximum atomic E-state index is 12.4. The Morgan fingerprint density at radius 3 is 1.78 bits per heavy atom. The third-order valence-corrected chi connectivity index (χ3v) is 7.03. The standard InChI is InChI=1S/C33H52O8/c1-2-3-4-5-6-7-8-9-10-11-12-13-14-15-16-20-28-21-17-22-29(40-31(37)25-19-26-39-27-34)33(28)41-32(38)24-18-23-30(35)36/h17,21-22,27H,2-16,18-20,23-26H2,1H3,(H,35,36). The fourth-order valence-electron chi connectivity index (χ4n) is 4.71. The van der Waals surface area contributed by atoms with E-state index in [1.54, 1.807) is 12.1 Å². The van der Waals surface area contributed by atoms with Crippen LogP contribution in [-0.4, -0.2) is 36.1 Å². The second kappa shape index (κ2) is 24.9. The van der Waals surface area contributed by atoms with E-state index in [1.165, 1.54) is 77.0 Å². The molecule has 0 aliphatic rings. The third kappa shape index (κ3) is 19.8. The first-order chi connectivity index (χ1) is 20.0. The minimum absolute atomic E-state index is 0.0448. The quantitative estimate of drug-likeness (QED) is 0.0483. The van der Waals surface area contributed by atoms with E-state index < -0.39 is 17.9 Å². The van der Waals surface area contributed by atoms with Crippen molar-refractivity contribution in [2.45, 2.75) is 142 Å². The molecule has 0 aliphatic heterocycles. The summed E-state index contributed by atoms with van der Waals surface area (Å²) in [6.07, 6.45) is 20.2. The van der Waals surface area contributed by atoms with E-state index in [0.29, 0.717) is 19.3 Å². The van der Waals surface area contributed by atoms with E-state index in [4.69, 9.17) is 14.6 Å². The molecule has 8 nitrogen and oxygen atoms in total. The Morgan fingerprint density at radius 1 is 0.683 bits per heavy atom. The summed E-state index contributed by atoms with van der Waals surface area (Å²) in [5.74, 6) is -1.68. The van der Waals surface area contributed by atoms with Crippen molar-refractivity contribution in [2.75, 3.05) is 6.61 Å². The molecule has 232 valence electrons. The van der Waals surface area contributed by atoms with Gasteiger partial charge in [-0.25, -0.2) is 0 Å². The lowest BCUT2D eigenvalue weighted by Gasteiger charge is -2.15.